The molecule has 1 aromatic heterocycles. The van der Waals surface area contributed by atoms with E-state index < -0.39 is 0 Å². The van der Waals surface area contributed by atoms with E-state index in [-0.39, 0.29) is 5.41 Å². The predicted octanol–water partition coefficient (Wildman–Crippen LogP) is 2.99. The molecule has 1 aromatic rings. The van der Waals surface area contributed by atoms with Crippen LogP contribution in [0.25, 0.3) is 0 Å². The molecule has 3 fully saturated rings. The molecule has 1 N–H and O–H groups in total. The Bertz CT molecular complexity index is 627. The molecule has 3 aliphatic rings. The summed E-state index contributed by atoms with van der Waals surface area (Å²) in [6, 6.07) is 0. The molecule has 132 valence electrons. The molecule has 0 aromatic carbocycles. The fraction of sp³-hybridized carbons (Fsp3) is 0.778. The van der Waals surface area contributed by atoms with Crippen LogP contribution in [-0.4, -0.2) is 52.1 Å². The van der Waals surface area contributed by atoms with Gasteiger partial charge < -0.3 is 4.90 Å². The van der Waals surface area contributed by atoms with Crippen molar-refractivity contribution in [2.45, 2.75) is 52.0 Å². The van der Waals surface area contributed by atoms with E-state index in [1.54, 1.807) is 0 Å². The van der Waals surface area contributed by atoms with Crippen molar-refractivity contribution in [3.63, 3.8) is 0 Å². The molecule has 1 aliphatic carbocycles. The number of nitrogens with one attached hydrogen (secondary N) is 1. The Morgan fingerprint density at radius 2 is 2.12 bits per heavy atom. The molecule has 4 rings (SSSR count). The van der Waals surface area contributed by atoms with Crippen LogP contribution in [-0.2, 0) is 11.3 Å². The molecule has 1 atom stereocenters. The topological polar surface area (TPSA) is 52.2 Å². The molecule has 0 radical (unpaired) electrons. The average molecular weight is 351 g/mol. The molecule has 0 unspecified atom stereocenters. The van der Waals surface area contributed by atoms with Gasteiger partial charge in [0.05, 0.1) is 21.8 Å². The molecule has 3 heterocycles. The first-order valence-corrected chi connectivity index (χ1v) is 9.66. The van der Waals surface area contributed by atoms with E-state index in [9.17, 15) is 4.79 Å². The lowest BCUT2D eigenvalue weighted by Crippen LogP contribution is -2.51. The van der Waals surface area contributed by atoms with Crippen LogP contribution in [0.15, 0.2) is 0 Å². The van der Waals surface area contributed by atoms with Gasteiger partial charge in [-0.3, -0.25) is 14.8 Å². The lowest BCUT2D eigenvalue weighted by molar-refractivity contribution is -0.146. The Morgan fingerprint density at radius 1 is 1.29 bits per heavy atom. The Kier molecular flexibility index (Phi) is 4.33. The number of carbonyl (C=O) groups excluding carboxylic acids is 1. The Labute approximate surface area is 148 Å². The maximum Gasteiger partial charge on any atom is 0.230 e. The van der Waals surface area contributed by atoms with Gasteiger partial charge in [-0.1, -0.05) is 18.0 Å². The lowest BCUT2D eigenvalue weighted by Gasteiger charge is -2.42. The zero-order valence-corrected chi connectivity index (χ0v) is 15.2. The largest absolute Gasteiger partial charge is 0.342 e. The van der Waals surface area contributed by atoms with E-state index in [0.29, 0.717) is 5.91 Å². The van der Waals surface area contributed by atoms with Gasteiger partial charge in [-0.05, 0) is 51.5 Å². The van der Waals surface area contributed by atoms with Gasteiger partial charge in [-0.2, -0.15) is 5.10 Å². The summed E-state index contributed by atoms with van der Waals surface area (Å²) in [6.45, 7) is 6.45. The number of nitrogens with zero attached hydrogens (tertiary/aromatic N) is 3. The van der Waals surface area contributed by atoms with Gasteiger partial charge in [0, 0.05) is 26.2 Å². The maximum atomic E-state index is 13.1. The molecular formula is C18H27ClN4O. The molecule has 1 saturated carbocycles. The second kappa shape index (κ2) is 6.34. The Hall–Kier alpha value is -1.07. The van der Waals surface area contributed by atoms with Gasteiger partial charge in [0.15, 0.2) is 0 Å². The van der Waals surface area contributed by atoms with Gasteiger partial charge >= 0.3 is 0 Å². The number of hydrogen-bond acceptors (Lipinski definition) is 3. The third kappa shape index (κ3) is 2.86. The summed E-state index contributed by atoms with van der Waals surface area (Å²) in [5.41, 5.74) is 1.67. The summed E-state index contributed by atoms with van der Waals surface area (Å²) in [5, 5.41) is 7.99. The molecule has 5 nitrogen and oxygen atoms in total. The lowest BCUT2D eigenvalue weighted by atomic mass is 9.77. The monoisotopic (exact) mass is 350 g/mol. The second-order valence-electron chi connectivity index (χ2n) is 8.00. The summed E-state index contributed by atoms with van der Waals surface area (Å²) < 4.78 is 0. The van der Waals surface area contributed by atoms with Crippen LogP contribution in [0.5, 0.6) is 0 Å². The standard InChI is InChI=1S/C18H27ClN4O/c1-13-16(19)15(21-20-13)11-22-9-7-18(12-22)6-3-8-23(17(18)24)10-14-4-2-5-14/h14H,2-12H2,1H3,(H,20,21)/t18-/m1/s1. The first-order chi connectivity index (χ1) is 11.6. The van der Waals surface area contributed by atoms with Crippen molar-refractivity contribution >= 4 is 17.5 Å². The minimum absolute atomic E-state index is 0.153. The van der Waals surface area contributed by atoms with Crippen molar-refractivity contribution in [3.05, 3.63) is 16.4 Å². The molecular weight excluding hydrogens is 324 g/mol. The van der Waals surface area contributed by atoms with Crippen LogP contribution in [0.2, 0.25) is 5.02 Å². The van der Waals surface area contributed by atoms with Crippen molar-refractivity contribution in [1.82, 2.24) is 20.0 Å². The second-order valence-corrected chi connectivity index (χ2v) is 8.38. The molecule has 24 heavy (non-hydrogen) atoms. The van der Waals surface area contributed by atoms with Crippen LogP contribution in [0.3, 0.4) is 0 Å². The van der Waals surface area contributed by atoms with Gasteiger partial charge in [0.1, 0.15) is 0 Å². The van der Waals surface area contributed by atoms with Gasteiger partial charge in [-0.25, -0.2) is 0 Å². The molecule has 0 bridgehead atoms. The zero-order valence-electron chi connectivity index (χ0n) is 14.5. The third-order valence-corrected chi connectivity index (χ3v) is 6.78. The van der Waals surface area contributed by atoms with E-state index in [1.807, 2.05) is 6.92 Å². The molecule has 1 amide bonds. The summed E-state index contributed by atoms with van der Waals surface area (Å²) >= 11 is 6.30. The van der Waals surface area contributed by atoms with Crippen LogP contribution in [0, 0.1) is 18.3 Å². The number of amides is 1. The maximum absolute atomic E-state index is 13.1. The van der Waals surface area contributed by atoms with Crippen LogP contribution < -0.4 is 0 Å². The minimum atomic E-state index is -0.153. The summed E-state index contributed by atoms with van der Waals surface area (Å²) in [5.74, 6) is 1.17. The van der Waals surface area contributed by atoms with Gasteiger partial charge in [0.25, 0.3) is 0 Å². The first-order valence-electron chi connectivity index (χ1n) is 9.28. The van der Waals surface area contributed by atoms with E-state index in [2.05, 4.69) is 20.0 Å². The minimum Gasteiger partial charge on any atom is -0.342 e. The number of hydrogen-bond donors (Lipinski definition) is 1. The summed E-state index contributed by atoms with van der Waals surface area (Å²) in [7, 11) is 0. The number of aromatic nitrogens is 2. The number of piperidine rings is 1. The zero-order chi connectivity index (χ0) is 16.7. The number of aryl methyl sites for hydroxylation is 1. The quantitative estimate of drug-likeness (QED) is 0.908. The van der Waals surface area contributed by atoms with Crippen molar-refractivity contribution < 1.29 is 4.79 Å². The average Bonchev–Trinajstić information content (AvgIpc) is 3.07. The van der Waals surface area contributed by atoms with Crippen molar-refractivity contribution in [3.8, 4) is 0 Å². The van der Waals surface area contributed by atoms with Crippen molar-refractivity contribution in [2.24, 2.45) is 11.3 Å². The number of aromatic amines is 1. The van der Waals surface area contributed by atoms with Crippen LogP contribution in [0.1, 0.15) is 49.9 Å². The molecule has 2 aliphatic heterocycles. The van der Waals surface area contributed by atoms with Crippen molar-refractivity contribution in [2.75, 3.05) is 26.2 Å². The first kappa shape index (κ1) is 16.4. The molecule has 6 heteroatoms. The highest BCUT2D eigenvalue weighted by Gasteiger charge is 2.48. The van der Waals surface area contributed by atoms with Gasteiger partial charge in [0.2, 0.25) is 5.91 Å². The van der Waals surface area contributed by atoms with E-state index in [4.69, 9.17) is 11.6 Å². The Morgan fingerprint density at radius 3 is 2.79 bits per heavy atom. The Balaban J connectivity index is 1.41. The highest BCUT2D eigenvalue weighted by atomic mass is 35.5. The number of carbonyl (C=O) groups is 1. The summed E-state index contributed by atoms with van der Waals surface area (Å²) in [4.78, 5) is 17.7. The fourth-order valence-corrected chi connectivity index (χ4v) is 4.71. The molecule has 1 spiro atoms. The van der Waals surface area contributed by atoms with E-state index in [1.165, 1.54) is 19.3 Å². The number of halogens is 1. The smallest absolute Gasteiger partial charge is 0.230 e. The number of likely N-dealkylation sites (tertiary alicyclic amines) is 2. The highest BCUT2D eigenvalue weighted by molar-refractivity contribution is 6.31. The fourth-order valence-electron chi connectivity index (χ4n) is 4.57. The third-order valence-electron chi connectivity index (χ3n) is 6.27. The predicted molar refractivity (Wildman–Crippen MR) is 93.8 cm³/mol. The van der Waals surface area contributed by atoms with E-state index >= 15 is 0 Å². The summed E-state index contributed by atoms with van der Waals surface area (Å²) in [6.07, 6.45) is 7.12. The number of rotatable bonds is 4. The normalized spacial score (nSPS) is 28.8. The van der Waals surface area contributed by atoms with Crippen LogP contribution >= 0.6 is 11.6 Å². The van der Waals surface area contributed by atoms with E-state index in [0.717, 1.165) is 74.3 Å². The highest BCUT2D eigenvalue weighted by Crippen LogP contribution is 2.41. The SMILES string of the molecule is Cc1[nH]nc(CN2CC[C@]3(CCCN(CC4CCC4)C3=O)C2)c1Cl. The van der Waals surface area contributed by atoms with Crippen LogP contribution in [0.4, 0.5) is 0 Å². The number of H-pyrrole nitrogens is 1. The molecule has 2 saturated heterocycles. The van der Waals surface area contributed by atoms with Crippen molar-refractivity contribution in [1.29, 1.82) is 0 Å². The van der Waals surface area contributed by atoms with Gasteiger partial charge in [-0.15, -0.1) is 0 Å².